The first-order valence-electron chi connectivity index (χ1n) is 6.14. The lowest BCUT2D eigenvalue weighted by Crippen LogP contribution is -2.18. The second kappa shape index (κ2) is 5.34. The predicted octanol–water partition coefficient (Wildman–Crippen LogP) is 4.85. The highest BCUT2D eigenvalue weighted by atomic mass is 14.3. The molecule has 0 aliphatic carbocycles. The normalized spacial score (nSPS) is 11.7. The van der Waals surface area contributed by atoms with Gasteiger partial charge in [-0.3, -0.25) is 0 Å². The van der Waals surface area contributed by atoms with Gasteiger partial charge in [0.05, 0.1) is 0 Å². The van der Waals surface area contributed by atoms with Gasteiger partial charge in [0, 0.05) is 0 Å². The summed E-state index contributed by atoms with van der Waals surface area (Å²) in [6, 6.07) is 8.78. The van der Waals surface area contributed by atoms with Gasteiger partial charge in [-0.1, -0.05) is 64.3 Å². The molecule has 0 unspecified atom stereocenters. The zero-order chi connectivity index (χ0) is 11.3. The van der Waals surface area contributed by atoms with E-state index in [0.717, 1.165) is 0 Å². The molecule has 0 aromatic heterocycles. The molecule has 84 valence electrons. The Morgan fingerprint density at radius 1 is 1.07 bits per heavy atom. The molecule has 15 heavy (non-hydrogen) atoms. The molecule has 0 fully saturated rings. The van der Waals surface area contributed by atoms with E-state index in [0.29, 0.717) is 5.41 Å². The first-order chi connectivity index (χ1) is 7.08. The predicted molar refractivity (Wildman–Crippen MR) is 68.3 cm³/mol. The Labute approximate surface area is 94.7 Å². The van der Waals surface area contributed by atoms with Gasteiger partial charge in [-0.25, -0.2) is 0 Å². The lowest BCUT2D eigenvalue weighted by atomic mass is 9.78. The fourth-order valence-electron chi connectivity index (χ4n) is 2.28. The lowest BCUT2D eigenvalue weighted by molar-refractivity contribution is 0.448. The maximum atomic E-state index is 2.37. The van der Waals surface area contributed by atoms with Gasteiger partial charge in [-0.05, 0) is 29.9 Å². The number of benzene rings is 1. The molecule has 0 saturated carbocycles. The molecule has 0 aliphatic rings. The van der Waals surface area contributed by atoms with E-state index >= 15 is 0 Å². The summed E-state index contributed by atoms with van der Waals surface area (Å²) in [5.41, 5.74) is 3.28. The van der Waals surface area contributed by atoms with Gasteiger partial charge in [0.25, 0.3) is 0 Å². The number of rotatable bonds is 5. The largest absolute Gasteiger partial charge is 0.0654 e. The lowest BCUT2D eigenvalue weighted by Gasteiger charge is -2.27. The van der Waals surface area contributed by atoms with Gasteiger partial charge in [0.2, 0.25) is 0 Å². The first-order valence-corrected chi connectivity index (χ1v) is 6.14. The fraction of sp³-hybridized carbons (Fsp3) is 0.600. The highest BCUT2D eigenvalue weighted by Gasteiger charge is 2.21. The van der Waals surface area contributed by atoms with Crippen LogP contribution in [0.1, 0.15) is 57.6 Å². The number of aryl methyl sites for hydroxylation is 1. The summed E-state index contributed by atoms with van der Waals surface area (Å²) in [6.07, 6.45) is 5.31. The average molecular weight is 204 g/mol. The van der Waals surface area contributed by atoms with E-state index in [9.17, 15) is 0 Å². The van der Waals surface area contributed by atoms with Gasteiger partial charge >= 0.3 is 0 Å². The highest BCUT2D eigenvalue weighted by Crippen LogP contribution is 2.31. The monoisotopic (exact) mass is 204 g/mol. The smallest absolute Gasteiger partial charge is 0.0101 e. The minimum Gasteiger partial charge on any atom is -0.0654 e. The minimum atomic E-state index is 0.334. The van der Waals surface area contributed by atoms with Crippen LogP contribution in [-0.2, 0) is 5.41 Å². The van der Waals surface area contributed by atoms with Crippen molar-refractivity contribution < 1.29 is 0 Å². The molecule has 1 aromatic carbocycles. The van der Waals surface area contributed by atoms with Crippen molar-refractivity contribution in [3.05, 3.63) is 35.4 Å². The maximum absolute atomic E-state index is 2.37. The second-order valence-corrected chi connectivity index (χ2v) is 5.16. The molecule has 0 heteroatoms. The Bertz CT molecular complexity index is 297. The summed E-state index contributed by atoms with van der Waals surface area (Å²) in [5.74, 6) is 0. The fourth-order valence-corrected chi connectivity index (χ4v) is 2.28. The van der Waals surface area contributed by atoms with Crippen molar-refractivity contribution in [1.29, 1.82) is 0 Å². The van der Waals surface area contributed by atoms with Gasteiger partial charge in [-0.15, -0.1) is 0 Å². The van der Waals surface area contributed by atoms with Crippen molar-refractivity contribution in [2.24, 2.45) is 0 Å². The van der Waals surface area contributed by atoms with Gasteiger partial charge < -0.3 is 0 Å². The van der Waals surface area contributed by atoms with Gasteiger partial charge in [-0.2, -0.15) is 0 Å². The van der Waals surface area contributed by atoms with Crippen LogP contribution in [0.5, 0.6) is 0 Å². The van der Waals surface area contributed by atoms with Crippen molar-refractivity contribution in [2.45, 2.75) is 58.8 Å². The van der Waals surface area contributed by atoms with E-state index in [2.05, 4.69) is 52.0 Å². The van der Waals surface area contributed by atoms with E-state index in [4.69, 9.17) is 0 Å². The maximum Gasteiger partial charge on any atom is -0.0101 e. The molecule has 1 aromatic rings. The molecule has 0 amide bonds. The molecule has 0 nitrogen and oxygen atoms in total. The second-order valence-electron chi connectivity index (χ2n) is 5.16. The number of hydrogen-bond acceptors (Lipinski definition) is 0. The molecule has 0 aliphatic heterocycles. The number of unbranched alkanes of at least 4 members (excludes halogenated alkanes) is 2. The van der Waals surface area contributed by atoms with E-state index in [-0.39, 0.29) is 0 Å². The van der Waals surface area contributed by atoms with E-state index in [1.807, 2.05) is 0 Å². The van der Waals surface area contributed by atoms with Gasteiger partial charge in [0.1, 0.15) is 0 Å². The summed E-state index contributed by atoms with van der Waals surface area (Å²) < 4.78 is 0. The molecule has 0 N–H and O–H groups in total. The third-order valence-corrected chi connectivity index (χ3v) is 3.28. The quantitative estimate of drug-likeness (QED) is 0.601. The van der Waals surface area contributed by atoms with Crippen LogP contribution in [0, 0.1) is 6.92 Å². The summed E-state index contributed by atoms with van der Waals surface area (Å²) in [4.78, 5) is 0. The third kappa shape index (κ3) is 3.37. The minimum absolute atomic E-state index is 0.334. The first kappa shape index (κ1) is 12.3. The highest BCUT2D eigenvalue weighted by molar-refractivity contribution is 5.31. The van der Waals surface area contributed by atoms with Crippen LogP contribution in [0.3, 0.4) is 0 Å². The van der Waals surface area contributed by atoms with Crippen molar-refractivity contribution in [3.63, 3.8) is 0 Å². The van der Waals surface area contributed by atoms with Crippen LogP contribution in [0.25, 0.3) is 0 Å². The molecule has 0 bridgehead atoms. The van der Waals surface area contributed by atoms with Crippen molar-refractivity contribution in [3.8, 4) is 0 Å². The van der Waals surface area contributed by atoms with Crippen molar-refractivity contribution >= 4 is 0 Å². The van der Waals surface area contributed by atoms with Crippen LogP contribution in [-0.4, -0.2) is 0 Å². The van der Waals surface area contributed by atoms with Crippen LogP contribution in [0.15, 0.2) is 24.3 Å². The number of hydrogen-bond donors (Lipinski definition) is 0. The molecule has 0 spiro atoms. The molecule has 0 radical (unpaired) electrons. The molecule has 0 saturated heterocycles. The van der Waals surface area contributed by atoms with Crippen LogP contribution < -0.4 is 0 Å². The topological polar surface area (TPSA) is 0 Å². The van der Waals surface area contributed by atoms with Crippen LogP contribution in [0.4, 0.5) is 0 Å². The molecular weight excluding hydrogens is 180 g/mol. The van der Waals surface area contributed by atoms with Crippen LogP contribution >= 0.6 is 0 Å². The van der Waals surface area contributed by atoms with Crippen LogP contribution in [0.2, 0.25) is 0 Å². The Morgan fingerprint density at radius 2 is 1.73 bits per heavy atom. The summed E-state index contributed by atoms with van der Waals surface area (Å²) >= 11 is 0. The Morgan fingerprint density at radius 3 is 2.33 bits per heavy atom. The molecule has 1 rings (SSSR count). The average Bonchev–Trinajstić information content (AvgIpc) is 2.18. The zero-order valence-electron chi connectivity index (χ0n) is 10.6. The van der Waals surface area contributed by atoms with E-state index in [1.54, 1.807) is 0 Å². The molecular formula is C15H24. The SMILES string of the molecule is CCCCCC(C)(C)c1ccccc1C. The summed E-state index contributed by atoms with van der Waals surface area (Å²) in [6.45, 7) is 9.22. The molecule has 0 heterocycles. The summed E-state index contributed by atoms with van der Waals surface area (Å²) in [7, 11) is 0. The summed E-state index contributed by atoms with van der Waals surface area (Å²) in [5, 5.41) is 0. The van der Waals surface area contributed by atoms with Crippen molar-refractivity contribution in [2.75, 3.05) is 0 Å². The Balaban J connectivity index is 2.72. The molecule has 0 atom stereocenters. The van der Waals surface area contributed by atoms with Crippen molar-refractivity contribution in [1.82, 2.24) is 0 Å². The van der Waals surface area contributed by atoms with E-state index in [1.165, 1.54) is 36.8 Å². The Kier molecular flexibility index (Phi) is 4.38. The van der Waals surface area contributed by atoms with E-state index < -0.39 is 0 Å². The standard InChI is InChI=1S/C15H24/c1-5-6-9-12-15(3,4)14-11-8-7-10-13(14)2/h7-8,10-11H,5-6,9,12H2,1-4H3. The third-order valence-electron chi connectivity index (χ3n) is 3.28. The van der Waals surface area contributed by atoms with Gasteiger partial charge in [0.15, 0.2) is 0 Å². The zero-order valence-corrected chi connectivity index (χ0v) is 10.6. The Hall–Kier alpha value is -0.780.